The van der Waals surface area contributed by atoms with E-state index < -0.39 is 0 Å². The molecule has 0 saturated carbocycles. The Morgan fingerprint density at radius 3 is 2.63 bits per heavy atom. The molecule has 19 heavy (non-hydrogen) atoms. The highest BCUT2D eigenvalue weighted by molar-refractivity contribution is 5.32. The smallest absolute Gasteiger partial charge is 0.257 e. The second-order valence-corrected chi connectivity index (χ2v) is 3.94. The van der Waals surface area contributed by atoms with Crippen molar-refractivity contribution in [2.45, 2.75) is 6.92 Å². The van der Waals surface area contributed by atoms with E-state index in [4.69, 9.17) is 0 Å². The molecule has 0 saturated heterocycles. The third-order valence-electron chi connectivity index (χ3n) is 2.49. The number of aromatic nitrogens is 7. The van der Waals surface area contributed by atoms with Gasteiger partial charge in [0.05, 0.1) is 6.20 Å². The Balaban J connectivity index is 2.12. The van der Waals surface area contributed by atoms with E-state index >= 15 is 0 Å². The molecule has 1 N–H and O–H groups in total. The highest BCUT2D eigenvalue weighted by atomic mass is 15.4. The molecular weight excluding hydrogens is 244 g/mol. The third kappa shape index (κ3) is 2.15. The van der Waals surface area contributed by atoms with E-state index in [1.54, 1.807) is 41.2 Å². The van der Waals surface area contributed by atoms with Crippen molar-refractivity contribution < 1.29 is 0 Å². The second kappa shape index (κ2) is 4.48. The zero-order valence-corrected chi connectivity index (χ0v) is 10.5. The third-order valence-corrected chi connectivity index (χ3v) is 2.49. The topological polar surface area (TPSA) is 86.3 Å². The van der Waals surface area contributed by atoms with E-state index in [9.17, 15) is 0 Å². The van der Waals surface area contributed by atoms with E-state index in [0.29, 0.717) is 17.8 Å². The van der Waals surface area contributed by atoms with Gasteiger partial charge in [0.2, 0.25) is 11.9 Å². The van der Waals surface area contributed by atoms with Crippen LogP contribution in [-0.4, -0.2) is 41.3 Å². The molecule has 3 aromatic rings. The zero-order chi connectivity index (χ0) is 13.2. The Kier molecular flexibility index (Phi) is 2.67. The van der Waals surface area contributed by atoms with Crippen molar-refractivity contribution in [1.29, 1.82) is 0 Å². The summed E-state index contributed by atoms with van der Waals surface area (Å²) in [5.41, 5.74) is 1.04. The molecular formula is C11H12N8. The van der Waals surface area contributed by atoms with Gasteiger partial charge in [-0.3, -0.25) is 4.57 Å². The molecule has 3 rings (SSSR count). The molecule has 0 atom stereocenters. The van der Waals surface area contributed by atoms with Gasteiger partial charge in [-0.25, -0.2) is 9.67 Å². The summed E-state index contributed by atoms with van der Waals surface area (Å²) in [7, 11) is 1.76. The van der Waals surface area contributed by atoms with Gasteiger partial charge in [-0.2, -0.15) is 20.1 Å². The molecule has 8 heteroatoms. The summed E-state index contributed by atoms with van der Waals surface area (Å²) in [6.07, 6.45) is 8.67. The summed E-state index contributed by atoms with van der Waals surface area (Å²) in [5, 5.41) is 7.10. The fraction of sp³-hybridized carbons (Fsp3) is 0.182. The second-order valence-electron chi connectivity index (χ2n) is 3.94. The van der Waals surface area contributed by atoms with Crippen LogP contribution in [0.5, 0.6) is 0 Å². The van der Waals surface area contributed by atoms with Crippen molar-refractivity contribution >= 4 is 5.95 Å². The predicted octanol–water partition coefficient (Wildman–Crippen LogP) is 0.593. The van der Waals surface area contributed by atoms with Gasteiger partial charge in [-0.05, 0) is 12.5 Å². The standard InChI is InChI=1S/C11H12N8/c1-8-5-14-19(6-8)11-16-9(12-2)15-10(17-11)18-4-3-13-7-18/h3-7H,1-2H3,(H,12,15,16,17). The molecule has 0 fully saturated rings. The quantitative estimate of drug-likeness (QED) is 0.738. The first kappa shape index (κ1) is 11.3. The van der Waals surface area contributed by atoms with Crippen LogP contribution < -0.4 is 5.32 Å². The maximum absolute atomic E-state index is 4.37. The van der Waals surface area contributed by atoms with Crippen molar-refractivity contribution in [1.82, 2.24) is 34.3 Å². The average Bonchev–Trinajstić information content (AvgIpc) is 3.09. The molecule has 0 amide bonds. The molecule has 0 unspecified atom stereocenters. The summed E-state index contributed by atoms with van der Waals surface area (Å²) < 4.78 is 3.32. The molecule has 0 aliphatic heterocycles. The Morgan fingerprint density at radius 2 is 2.00 bits per heavy atom. The molecule has 0 spiro atoms. The van der Waals surface area contributed by atoms with Gasteiger partial charge in [0.15, 0.2) is 0 Å². The fourth-order valence-corrected chi connectivity index (χ4v) is 1.58. The van der Waals surface area contributed by atoms with Crippen LogP contribution in [-0.2, 0) is 0 Å². The normalized spacial score (nSPS) is 10.6. The minimum absolute atomic E-state index is 0.455. The highest BCUT2D eigenvalue weighted by Gasteiger charge is 2.09. The van der Waals surface area contributed by atoms with E-state index in [2.05, 4.69) is 30.4 Å². The van der Waals surface area contributed by atoms with Crippen LogP contribution in [0.1, 0.15) is 5.56 Å². The van der Waals surface area contributed by atoms with Crippen molar-refractivity contribution in [3.63, 3.8) is 0 Å². The number of anilines is 1. The van der Waals surface area contributed by atoms with Crippen LogP contribution >= 0.6 is 0 Å². The molecule has 3 aromatic heterocycles. The van der Waals surface area contributed by atoms with E-state index in [1.165, 1.54) is 0 Å². The van der Waals surface area contributed by atoms with Crippen LogP contribution in [0.2, 0.25) is 0 Å². The monoisotopic (exact) mass is 256 g/mol. The maximum Gasteiger partial charge on any atom is 0.257 e. The first-order valence-corrected chi connectivity index (χ1v) is 5.70. The molecule has 0 bridgehead atoms. The molecule has 0 aliphatic carbocycles. The number of nitrogens with one attached hydrogen (secondary N) is 1. The van der Waals surface area contributed by atoms with Crippen molar-refractivity contribution in [3.8, 4) is 11.9 Å². The van der Waals surface area contributed by atoms with Crippen LogP contribution in [0.15, 0.2) is 31.1 Å². The molecule has 0 radical (unpaired) electrons. The molecule has 3 heterocycles. The Labute approximate surface area is 109 Å². The maximum atomic E-state index is 4.37. The SMILES string of the molecule is CNc1nc(-n2ccnc2)nc(-n2cc(C)cn2)n1. The van der Waals surface area contributed by atoms with E-state index in [1.807, 2.05) is 13.1 Å². The van der Waals surface area contributed by atoms with Crippen LogP contribution in [0, 0.1) is 6.92 Å². The minimum atomic E-state index is 0.455. The van der Waals surface area contributed by atoms with E-state index in [0.717, 1.165) is 5.56 Å². The van der Waals surface area contributed by atoms with Gasteiger partial charge in [0, 0.05) is 25.6 Å². The summed E-state index contributed by atoms with van der Waals surface area (Å²) in [5.74, 6) is 1.41. The fourth-order valence-electron chi connectivity index (χ4n) is 1.58. The Morgan fingerprint density at radius 1 is 1.16 bits per heavy atom. The van der Waals surface area contributed by atoms with Crippen LogP contribution in [0.25, 0.3) is 11.9 Å². The number of hydrogen-bond donors (Lipinski definition) is 1. The van der Waals surface area contributed by atoms with Gasteiger partial charge in [-0.15, -0.1) is 0 Å². The number of aryl methyl sites for hydroxylation is 1. The number of hydrogen-bond acceptors (Lipinski definition) is 6. The molecule has 0 aromatic carbocycles. The number of imidazole rings is 1. The summed E-state index contributed by atoms with van der Waals surface area (Å²) in [4.78, 5) is 16.9. The summed E-state index contributed by atoms with van der Waals surface area (Å²) >= 11 is 0. The summed E-state index contributed by atoms with van der Waals surface area (Å²) in [6.45, 7) is 1.96. The first-order valence-electron chi connectivity index (χ1n) is 5.70. The van der Waals surface area contributed by atoms with Gasteiger partial charge in [-0.1, -0.05) is 0 Å². The number of rotatable bonds is 3. The molecule has 0 aliphatic rings. The van der Waals surface area contributed by atoms with Crippen LogP contribution in [0.3, 0.4) is 0 Å². The Hall–Kier alpha value is -2.77. The summed E-state index contributed by atoms with van der Waals surface area (Å²) in [6, 6.07) is 0. The molecule has 96 valence electrons. The largest absolute Gasteiger partial charge is 0.357 e. The van der Waals surface area contributed by atoms with Crippen molar-refractivity contribution in [2.75, 3.05) is 12.4 Å². The van der Waals surface area contributed by atoms with Gasteiger partial charge >= 0.3 is 0 Å². The number of nitrogens with zero attached hydrogens (tertiary/aromatic N) is 7. The predicted molar refractivity (Wildman–Crippen MR) is 68.4 cm³/mol. The van der Waals surface area contributed by atoms with Crippen molar-refractivity contribution in [2.24, 2.45) is 0 Å². The minimum Gasteiger partial charge on any atom is -0.357 e. The lowest BCUT2D eigenvalue weighted by atomic mass is 10.4. The van der Waals surface area contributed by atoms with E-state index in [-0.39, 0.29) is 0 Å². The Bertz CT molecular complexity index is 685. The first-order chi connectivity index (χ1) is 9.26. The average molecular weight is 256 g/mol. The van der Waals surface area contributed by atoms with Gasteiger partial charge < -0.3 is 5.32 Å². The zero-order valence-electron chi connectivity index (χ0n) is 10.5. The lowest BCUT2D eigenvalue weighted by Gasteiger charge is -2.06. The molecule has 8 nitrogen and oxygen atoms in total. The lowest BCUT2D eigenvalue weighted by molar-refractivity contribution is 0.776. The van der Waals surface area contributed by atoms with Gasteiger partial charge in [0.1, 0.15) is 6.33 Å². The lowest BCUT2D eigenvalue weighted by Crippen LogP contribution is -2.10. The van der Waals surface area contributed by atoms with Gasteiger partial charge in [0.25, 0.3) is 5.95 Å². The van der Waals surface area contributed by atoms with Crippen molar-refractivity contribution in [3.05, 3.63) is 36.7 Å². The highest BCUT2D eigenvalue weighted by Crippen LogP contribution is 2.09. The van der Waals surface area contributed by atoms with Crippen LogP contribution in [0.4, 0.5) is 5.95 Å².